The van der Waals surface area contributed by atoms with E-state index in [9.17, 15) is 4.79 Å². The molecule has 3 heterocycles. The van der Waals surface area contributed by atoms with E-state index in [1.165, 1.54) is 24.2 Å². The summed E-state index contributed by atoms with van der Waals surface area (Å²) < 4.78 is 0. The summed E-state index contributed by atoms with van der Waals surface area (Å²) in [6.07, 6.45) is 6.24. The molecule has 2 aromatic rings. The van der Waals surface area contributed by atoms with Gasteiger partial charge in [-0.3, -0.25) is 4.79 Å². The third-order valence-electron chi connectivity index (χ3n) is 4.16. The number of anilines is 1. The molecule has 1 aliphatic rings. The molecular formula is C16H22N4OS. The number of rotatable bonds is 3. The fourth-order valence-electron chi connectivity index (χ4n) is 2.99. The smallest absolute Gasteiger partial charge is 0.264 e. The highest BCUT2D eigenvalue weighted by Crippen LogP contribution is 2.34. The molecule has 0 bridgehead atoms. The number of aryl methyl sites for hydroxylation is 1. The van der Waals surface area contributed by atoms with Crippen LogP contribution in [0.25, 0.3) is 10.2 Å². The van der Waals surface area contributed by atoms with Crippen LogP contribution >= 0.6 is 11.3 Å². The van der Waals surface area contributed by atoms with Crippen LogP contribution in [-0.2, 0) is 0 Å². The second-order valence-corrected chi connectivity index (χ2v) is 6.69. The molecule has 5 nitrogen and oxygen atoms in total. The summed E-state index contributed by atoms with van der Waals surface area (Å²) in [5.41, 5.74) is 1.01. The van der Waals surface area contributed by atoms with Gasteiger partial charge in [0.2, 0.25) is 0 Å². The number of nitrogens with zero attached hydrogens (tertiary/aromatic N) is 3. The van der Waals surface area contributed by atoms with E-state index in [4.69, 9.17) is 0 Å². The van der Waals surface area contributed by atoms with Crippen LogP contribution in [0.5, 0.6) is 0 Å². The van der Waals surface area contributed by atoms with E-state index in [0.29, 0.717) is 0 Å². The third-order valence-corrected chi connectivity index (χ3v) is 5.35. The van der Waals surface area contributed by atoms with Crippen LogP contribution in [0.15, 0.2) is 6.33 Å². The van der Waals surface area contributed by atoms with Gasteiger partial charge in [-0.15, -0.1) is 11.3 Å². The number of carbonyl (C=O) groups excluding carboxylic acids is 1. The van der Waals surface area contributed by atoms with Crippen LogP contribution in [0.2, 0.25) is 0 Å². The molecule has 0 spiro atoms. The molecule has 22 heavy (non-hydrogen) atoms. The molecule has 3 rings (SSSR count). The van der Waals surface area contributed by atoms with Crippen molar-refractivity contribution >= 4 is 33.3 Å². The van der Waals surface area contributed by atoms with Crippen molar-refractivity contribution in [3.63, 3.8) is 0 Å². The molecule has 1 aliphatic heterocycles. The summed E-state index contributed by atoms with van der Waals surface area (Å²) in [4.78, 5) is 25.3. The molecule has 0 aromatic carbocycles. The SMILES string of the molecule is CCNc1ncnc2sc(C(=O)N3CCCCCC3)c(C)c12. The lowest BCUT2D eigenvalue weighted by atomic mass is 10.2. The minimum atomic E-state index is 0.157. The monoisotopic (exact) mass is 318 g/mol. The Kier molecular flexibility index (Phi) is 4.57. The average Bonchev–Trinajstić information content (AvgIpc) is 2.71. The van der Waals surface area contributed by atoms with Gasteiger partial charge in [0, 0.05) is 19.6 Å². The van der Waals surface area contributed by atoms with Crippen LogP contribution in [0.1, 0.15) is 47.8 Å². The summed E-state index contributed by atoms with van der Waals surface area (Å²) in [5.74, 6) is 0.987. The first-order valence-corrected chi connectivity index (χ1v) is 8.81. The molecular weight excluding hydrogens is 296 g/mol. The molecule has 1 amide bonds. The standard InChI is InChI=1S/C16H22N4OS/c1-3-17-14-12-11(2)13(22-15(12)19-10-18-14)16(21)20-8-6-4-5-7-9-20/h10H,3-9H2,1-2H3,(H,17,18,19). The lowest BCUT2D eigenvalue weighted by Gasteiger charge is -2.19. The number of carbonyl (C=O) groups is 1. The zero-order valence-corrected chi connectivity index (χ0v) is 14.0. The molecule has 1 N–H and O–H groups in total. The van der Waals surface area contributed by atoms with Crippen molar-refractivity contribution in [1.82, 2.24) is 14.9 Å². The average molecular weight is 318 g/mol. The van der Waals surface area contributed by atoms with Crippen molar-refractivity contribution in [2.45, 2.75) is 39.5 Å². The highest BCUT2D eigenvalue weighted by Gasteiger charge is 2.24. The van der Waals surface area contributed by atoms with E-state index in [1.54, 1.807) is 6.33 Å². The maximum Gasteiger partial charge on any atom is 0.264 e. The van der Waals surface area contributed by atoms with Gasteiger partial charge in [-0.05, 0) is 32.3 Å². The van der Waals surface area contributed by atoms with E-state index >= 15 is 0 Å². The zero-order valence-electron chi connectivity index (χ0n) is 13.2. The van der Waals surface area contributed by atoms with Gasteiger partial charge < -0.3 is 10.2 Å². The maximum absolute atomic E-state index is 12.9. The van der Waals surface area contributed by atoms with Crippen LogP contribution in [0, 0.1) is 6.92 Å². The Morgan fingerprint density at radius 1 is 1.27 bits per heavy atom. The van der Waals surface area contributed by atoms with Gasteiger partial charge in [-0.25, -0.2) is 9.97 Å². The van der Waals surface area contributed by atoms with E-state index in [-0.39, 0.29) is 5.91 Å². The second-order valence-electron chi connectivity index (χ2n) is 5.70. The molecule has 0 saturated carbocycles. The molecule has 0 atom stereocenters. The number of amides is 1. The fraction of sp³-hybridized carbons (Fsp3) is 0.562. The summed E-state index contributed by atoms with van der Waals surface area (Å²) in [6.45, 7) is 6.60. The Morgan fingerprint density at radius 2 is 2.00 bits per heavy atom. The molecule has 0 unspecified atom stereocenters. The first-order chi connectivity index (χ1) is 10.7. The van der Waals surface area contributed by atoms with Gasteiger partial charge in [0.1, 0.15) is 17.0 Å². The number of hydrogen-bond donors (Lipinski definition) is 1. The Labute approximate surface area is 134 Å². The van der Waals surface area contributed by atoms with Gasteiger partial charge in [0.05, 0.1) is 10.3 Å². The van der Waals surface area contributed by atoms with Crippen LogP contribution in [0.3, 0.4) is 0 Å². The number of aromatic nitrogens is 2. The Bertz CT molecular complexity index is 674. The van der Waals surface area contributed by atoms with Gasteiger partial charge in [0.25, 0.3) is 5.91 Å². The van der Waals surface area contributed by atoms with Gasteiger partial charge in [0.15, 0.2) is 0 Å². The molecule has 6 heteroatoms. The number of thiophene rings is 1. The molecule has 2 aromatic heterocycles. The topological polar surface area (TPSA) is 58.1 Å². The van der Waals surface area contributed by atoms with Gasteiger partial charge in [-0.2, -0.15) is 0 Å². The first-order valence-electron chi connectivity index (χ1n) is 7.99. The van der Waals surface area contributed by atoms with Crippen molar-refractivity contribution in [1.29, 1.82) is 0 Å². The minimum Gasteiger partial charge on any atom is -0.370 e. The summed E-state index contributed by atoms with van der Waals surface area (Å²) in [5, 5.41) is 4.26. The Balaban J connectivity index is 1.98. The predicted octanol–water partition coefficient (Wildman–Crippen LogP) is 3.45. The minimum absolute atomic E-state index is 0.157. The van der Waals surface area contributed by atoms with E-state index < -0.39 is 0 Å². The lowest BCUT2D eigenvalue weighted by molar-refractivity contribution is 0.0766. The number of fused-ring (bicyclic) bond motifs is 1. The lowest BCUT2D eigenvalue weighted by Crippen LogP contribution is -2.31. The summed E-state index contributed by atoms with van der Waals surface area (Å²) >= 11 is 1.49. The van der Waals surface area contributed by atoms with Crippen molar-refractivity contribution in [2.75, 3.05) is 25.0 Å². The third kappa shape index (κ3) is 2.79. The number of nitrogens with one attached hydrogen (secondary N) is 1. The summed E-state index contributed by atoms with van der Waals surface area (Å²) in [6, 6.07) is 0. The van der Waals surface area contributed by atoms with Crippen LogP contribution in [-0.4, -0.2) is 40.4 Å². The fourth-order valence-corrected chi connectivity index (χ4v) is 4.11. The molecule has 118 valence electrons. The summed E-state index contributed by atoms with van der Waals surface area (Å²) in [7, 11) is 0. The van der Waals surface area contributed by atoms with Gasteiger partial charge in [-0.1, -0.05) is 12.8 Å². The van der Waals surface area contributed by atoms with Crippen molar-refractivity contribution in [3.05, 3.63) is 16.8 Å². The Morgan fingerprint density at radius 3 is 2.68 bits per heavy atom. The molecule has 0 radical (unpaired) electrons. The number of likely N-dealkylation sites (tertiary alicyclic amines) is 1. The zero-order chi connectivity index (χ0) is 15.5. The number of hydrogen-bond acceptors (Lipinski definition) is 5. The highest BCUT2D eigenvalue weighted by molar-refractivity contribution is 7.20. The van der Waals surface area contributed by atoms with E-state index in [2.05, 4.69) is 15.3 Å². The predicted molar refractivity (Wildman–Crippen MR) is 90.7 cm³/mol. The molecule has 1 saturated heterocycles. The largest absolute Gasteiger partial charge is 0.370 e. The van der Waals surface area contributed by atoms with Crippen molar-refractivity contribution < 1.29 is 4.79 Å². The first kappa shape index (κ1) is 15.2. The van der Waals surface area contributed by atoms with Gasteiger partial charge >= 0.3 is 0 Å². The molecule has 0 aliphatic carbocycles. The Hall–Kier alpha value is -1.69. The van der Waals surface area contributed by atoms with E-state index in [1.807, 2.05) is 18.7 Å². The second kappa shape index (κ2) is 6.60. The quantitative estimate of drug-likeness (QED) is 0.941. The molecule has 1 fully saturated rings. The normalized spacial score (nSPS) is 15.8. The van der Waals surface area contributed by atoms with Crippen LogP contribution in [0.4, 0.5) is 5.82 Å². The van der Waals surface area contributed by atoms with Crippen molar-refractivity contribution in [2.24, 2.45) is 0 Å². The highest BCUT2D eigenvalue weighted by atomic mass is 32.1. The van der Waals surface area contributed by atoms with Crippen LogP contribution < -0.4 is 5.32 Å². The van der Waals surface area contributed by atoms with Crippen molar-refractivity contribution in [3.8, 4) is 0 Å². The maximum atomic E-state index is 12.9. The van der Waals surface area contributed by atoms with E-state index in [0.717, 1.165) is 59.0 Å².